The van der Waals surface area contributed by atoms with Gasteiger partial charge in [0.25, 0.3) is 0 Å². The number of rotatable bonds is 12. The molecule has 0 aromatic heterocycles. The molecule has 0 unspecified atom stereocenters. The fraction of sp³-hybridized carbons (Fsp3) is 0.571. The van der Waals surface area contributed by atoms with Gasteiger partial charge < -0.3 is 18.6 Å². The maximum Gasteiger partial charge on any atom is 0.494 e. The lowest BCUT2D eigenvalue weighted by Crippen LogP contribution is -2.41. The second-order valence-corrected chi connectivity index (χ2v) is 16.6. The van der Waals surface area contributed by atoms with E-state index in [1.165, 1.54) is 94.8 Å². The van der Waals surface area contributed by atoms with Crippen LogP contribution in [0, 0.1) is 0 Å². The number of hydrogen-bond donors (Lipinski definition) is 0. The summed E-state index contributed by atoms with van der Waals surface area (Å²) in [6.07, 6.45) is 12.1. The summed E-state index contributed by atoms with van der Waals surface area (Å²) < 4.78 is 26.2. The van der Waals surface area contributed by atoms with Gasteiger partial charge in [0, 0.05) is 0 Å². The van der Waals surface area contributed by atoms with E-state index in [1.807, 2.05) is 0 Å². The monoisotopic (exact) mass is 648 g/mol. The van der Waals surface area contributed by atoms with Crippen molar-refractivity contribution in [3.05, 3.63) is 59.7 Å². The summed E-state index contributed by atoms with van der Waals surface area (Å²) in [5.74, 6) is 0. The van der Waals surface area contributed by atoms with Crippen molar-refractivity contribution in [2.45, 2.75) is 156 Å². The predicted octanol–water partition coefficient (Wildman–Crippen LogP) is 9.99. The van der Waals surface area contributed by atoms with Crippen molar-refractivity contribution in [3.63, 3.8) is 0 Å². The molecule has 4 aromatic carbocycles. The van der Waals surface area contributed by atoms with Gasteiger partial charge in [-0.1, -0.05) is 88.8 Å². The van der Waals surface area contributed by atoms with Crippen LogP contribution in [0.4, 0.5) is 0 Å². The van der Waals surface area contributed by atoms with Crippen LogP contribution in [-0.2, 0) is 31.5 Å². The second-order valence-electron chi connectivity index (χ2n) is 16.6. The Kier molecular flexibility index (Phi) is 9.90. The van der Waals surface area contributed by atoms with Gasteiger partial charge in [0.1, 0.15) is 0 Å². The molecule has 0 amide bonds. The first kappa shape index (κ1) is 35.5. The van der Waals surface area contributed by atoms with Crippen molar-refractivity contribution in [1.29, 1.82) is 0 Å². The van der Waals surface area contributed by atoms with Gasteiger partial charge in [0.05, 0.1) is 22.4 Å². The lowest BCUT2D eigenvalue weighted by Gasteiger charge is -2.32. The minimum atomic E-state index is -0.397. The minimum Gasteiger partial charge on any atom is -0.399 e. The molecule has 0 N–H and O–H groups in total. The molecule has 2 saturated heterocycles. The van der Waals surface area contributed by atoms with Crippen molar-refractivity contribution < 1.29 is 18.6 Å². The number of unbranched alkanes of at least 4 members (excludes halogenated alkanes) is 6. The fourth-order valence-corrected chi connectivity index (χ4v) is 7.38. The van der Waals surface area contributed by atoms with Crippen LogP contribution in [0.15, 0.2) is 48.5 Å². The first-order chi connectivity index (χ1) is 22.7. The van der Waals surface area contributed by atoms with Crippen LogP contribution in [-0.4, -0.2) is 36.6 Å². The molecule has 2 fully saturated rings. The SMILES string of the molecule is CCCCCCc1cc2c3cc(B4OC(C)(C)C(C)(C)O4)ccc3c(CCCCCC)cc2c2cc(B3OC(C)(C)C(C)(C)O3)ccc12. The zero-order valence-electron chi connectivity index (χ0n) is 31.5. The van der Waals surface area contributed by atoms with Crippen LogP contribution >= 0.6 is 0 Å². The zero-order chi connectivity index (χ0) is 34.5. The first-order valence-electron chi connectivity index (χ1n) is 18.8. The Morgan fingerprint density at radius 1 is 0.417 bits per heavy atom. The average molecular weight is 649 g/mol. The smallest absolute Gasteiger partial charge is 0.399 e. The molecule has 0 spiro atoms. The number of benzene rings is 4. The van der Waals surface area contributed by atoms with Crippen LogP contribution < -0.4 is 10.9 Å². The zero-order valence-corrected chi connectivity index (χ0v) is 31.5. The van der Waals surface area contributed by atoms with Crippen molar-refractivity contribution in [3.8, 4) is 0 Å². The molecule has 4 nitrogen and oxygen atoms in total. The van der Waals surface area contributed by atoms with E-state index in [0.717, 1.165) is 23.8 Å². The Balaban J connectivity index is 1.56. The summed E-state index contributed by atoms with van der Waals surface area (Å²) in [6.45, 7) is 21.6. The molecule has 0 bridgehead atoms. The molecule has 4 aromatic rings. The first-order valence-corrected chi connectivity index (χ1v) is 18.8. The third kappa shape index (κ3) is 6.60. The van der Waals surface area contributed by atoms with E-state index < -0.39 is 14.2 Å². The highest BCUT2D eigenvalue weighted by Gasteiger charge is 2.52. The van der Waals surface area contributed by atoms with Crippen LogP contribution in [0.2, 0.25) is 0 Å². The van der Waals surface area contributed by atoms with Gasteiger partial charge in [-0.15, -0.1) is 0 Å². The van der Waals surface area contributed by atoms with Gasteiger partial charge in [-0.05, 0) is 148 Å². The quantitative estimate of drug-likeness (QED) is 0.0871. The fourth-order valence-electron chi connectivity index (χ4n) is 7.38. The minimum absolute atomic E-state index is 0.387. The van der Waals surface area contributed by atoms with E-state index in [9.17, 15) is 0 Å². The predicted molar refractivity (Wildman–Crippen MR) is 206 cm³/mol. The Hall–Kier alpha value is -2.37. The summed E-state index contributed by atoms with van der Waals surface area (Å²) >= 11 is 0. The molecular weight excluding hydrogens is 590 g/mol. The standard InChI is InChI=1S/C42H58B2O4/c1-11-13-15-17-19-29-25-35-36(37-27-31(21-23-33(29)37)43-45-39(3,4)40(5,6)46-43)26-30(20-18-16-14-12-2)34-24-22-32(28-38(34)35)44-47-41(7,8)42(9,10)48-44/h21-28H,11-20H2,1-10H3. The summed E-state index contributed by atoms with van der Waals surface area (Å²) in [5, 5.41) is 7.90. The van der Waals surface area contributed by atoms with Gasteiger partial charge in [-0.3, -0.25) is 0 Å². The van der Waals surface area contributed by atoms with E-state index in [-0.39, 0.29) is 22.4 Å². The van der Waals surface area contributed by atoms with Gasteiger partial charge >= 0.3 is 14.2 Å². The average Bonchev–Trinajstić information content (AvgIpc) is 3.40. The summed E-state index contributed by atoms with van der Waals surface area (Å²) in [7, 11) is -0.793. The molecule has 256 valence electrons. The van der Waals surface area contributed by atoms with Crippen molar-refractivity contribution >= 4 is 57.5 Å². The van der Waals surface area contributed by atoms with Gasteiger partial charge in [-0.25, -0.2) is 0 Å². The lowest BCUT2D eigenvalue weighted by atomic mass is 9.76. The van der Waals surface area contributed by atoms with Crippen molar-refractivity contribution in [1.82, 2.24) is 0 Å². The molecule has 6 heteroatoms. The Morgan fingerprint density at radius 2 is 0.750 bits per heavy atom. The molecule has 48 heavy (non-hydrogen) atoms. The number of aryl methyl sites for hydroxylation is 2. The second kappa shape index (κ2) is 13.4. The number of fused-ring (bicyclic) bond motifs is 5. The molecule has 2 aliphatic heterocycles. The third-order valence-electron chi connectivity index (χ3n) is 11.9. The maximum absolute atomic E-state index is 6.56. The van der Waals surface area contributed by atoms with E-state index in [2.05, 4.69) is 118 Å². The highest BCUT2D eigenvalue weighted by atomic mass is 16.7. The Labute approximate surface area is 290 Å². The van der Waals surface area contributed by atoms with Crippen molar-refractivity contribution in [2.24, 2.45) is 0 Å². The summed E-state index contributed by atoms with van der Waals surface area (Å²) in [4.78, 5) is 0. The van der Waals surface area contributed by atoms with Crippen LogP contribution in [0.25, 0.3) is 32.3 Å². The summed E-state index contributed by atoms with van der Waals surface area (Å²) in [6, 6.07) is 18.8. The van der Waals surface area contributed by atoms with Crippen molar-refractivity contribution in [2.75, 3.05) is 0 Å². The molecule has 6 rings (SSSR count). The molecule has 0 saturated carbocycles. The maximum atomic E-state index is 6.56. The van der Waals surface area contributed by atoms with Gasteiger partial charge in [0.2, 0.25) is 0 Å². The van der Waals surface area contributed by atoms with Crippen LogP contribution in [0.3, 0.4) is 0 Å². The van der Waals surface area contributed by atoms with E-state index in [1.54, 1.807) is 0 Å². The largest absolute Gasteiger partial charge is 0.494 e. The Morgan fingerprint density at radius 3 is 1.08 bits per heavy atom. The lowest BCUT2D eigenvalue weighted by molar-refractivity contribution is 0.00578. The molecule has 0 radical (unpaired) electrons. The highest BCUT2D eigenvalue weighted by molar-refractivity contribution is 6.63. The van der Waals surface area contributed by atoms with Crippen LogP contribution in [0.5, 0.6) is 0 Å². The third-order valence-corrected chi connectivity index (χ3v) is 11.9. The Bertz CT molecular complexity index is 1630. The van der Waals surface area contributed by atoms with E-state index in [0.29, 0.717) is 0 Å². The normalized spacial score (nSPS) is 19.7. The molecule has 2 heterocycles. The number of hydrogen-bond acceptors (Lipinski definition) is 4. The topological polar surface area (TPSA) is 36.9 Å². The summed E-state index contributed by atoms with van der Waals surface area (Å²) in [5.41, 5.74) is 3.47. The van der Waals surface area contributed by atoms with E-state index in [4.69, 9.17) is 18.6 Å². The van der Waals surface area contributed by atoms with Gasteiger partial charge in [-0.2, -0.15) is 0 Å². The van der Waals surface area contributed by atoms with Crippen LogP contribution in [0.1, 0.15) is 132 Å². The van der Waals surface area contributed by atoms with Gasteiger partial charge in [0.15, 0.2) is 0 Å². The molecule has 0 atom stereocenters. The molecule has 2 aliphatic rings. The van der Waals surface area contributed by atoms with E-state index >= 15 is 0 Å². The molecule has 0 aliphatic carbocycles. The molecular formula is C42H58B2O4. The highest BCUT2D eigenvalue weighted by Crippen LogP contribution is 2.40.